The van der Waals surface area contributed by atoms with Crippen LogP contribution in [0.4, 0.5) is 5.82 Å². The van der Waals surface area contributed by atoms with E-state index in [9.17, 15) is 4.79 Å². The lowest BCUT2D eigenvalue weighted by atomic mass is 10.3. The second kappa shape index (κ2) is 8.64. The predicted molar refractivity (Wildman–Crippen MR) is 127 cm³/mol. The number of fused-ring (bicyclic) bond motifs is 2. The molecule has 0 fully saturated rings. The largest absolute Gasteiger partial charge is 0.340 e. The lowest BCUT2D eigenvalue weighted by Crippen LogP contribution is -2.32. The van der Waals surface area contributed by atoms with Crippen LogP contribution in [0.3, 0.4) is 0 Å². The van der Waals surface area contributed by atoms with Crippen molar-refractivity contribution in [3.63, 3.8) is 0 Å². The Kier molecular flexibility index (Phi) is 5.54. The van der Waals surface area contributed by atoms with Crippen LogP contribution in [-0.2, 0) is 6.54 Å². The average Bonchev–Trinajstić information content (AvgIpc) is 3.44. The highest BCUT2D eigenvalue weighted by Gasteiger charge is 2.21. The van der Waals surface area contributed by atoms with Crippen molar-refractivity contribution in [2.45, 2.75) is 13.5 Å². The molecule has 0 bridgehead atoms. The van der Waals surface area contributed by atoms with Crippen LogP contribution in [0, 0.1) is 0 Å². The zero-order valence-corrected chi connectivity index (χ0v) is 18.7. The number of thioether (sulfide) groups is 1. The molecule has 0 aliphatic rings. The van der Waals surface area contributed by atoms with E-state index in [0.717, 1.165) is 17.0 Å². The van der Waals surface area contributed by atoms with E-state index in [0.29, 0.717) is 40.3 Å². The van der Waals surface area contributed by atoms with Crippen LogP contribution in [0.1, 0.15) is 12.7 Å². The van der Waals surface area contributed by atoms with Crippen molar-refractivity contribution in [3.05, 3.63) is 76.5 Å². The van der Waals surface area contributed by atoms with Gasteiger partial charge in [0.1, 0.15) is 17.4 Å². The molecule has 5 aromatic rings. The SMILES string of the molecule is CCSCN(Cc1nn2ccc(Cl)c2c(=O)n1-c1ccccc1)c1ncnc2nc[nH]c12. The highest BCUT2D eigenvalue weighted by Crippen LogP contribution is 2.24. The summed E-state index contributed by atoms with van der Waals surface area (Å²) in [6, 6.07) is 11.1. The molecule has 0 saturated carbocycles. The molecule has 5 rings (SSSR count). The first-order valence-corrected chi connectivity index (χ1v) is 11.5. The Morgan fingerprint density at radius 1 is 1.16 bits per heavy atom. The zero-order chi connectivity index (χ0) is 22.1. The summed E-state index contributed by atoms with van der Waals surface area (Å²) in [5.74, 6) is 2.84. The van der Waals surface area contributed by atoms with Crippen LogP contribution in [-0.4, -0.2) is 45.7 Å². The maximum absolute atomic E-state index is 13.5. The number of aromatic nitrogens is 7. The van der Waals surface area contributed by atoms with Crippen LogP contribution in [0.2, 0.25) is 5.02 Å². The van der Waals surface area contributed by atoms with Gasteiger partial charge in [-0.2, -0.15) is 5.10 Å². The van der Waals surface area contributed by atoms with Crippen molar-refractivity contribution in [1.82, 2.24) is 34.1 Å². The van der Waals surface area contributed by atoms with Gasteiger partial charge in [-0.1, -0.05) is 36.7 Å². The molecular formula is C21H19ClN8OS. The summed E-state index contributed by atoms with van der Waals surface area (Å²) in [6.45, 7) is 2.44. The summed E-state index contributed by atoms with van der Waals surface area (Å²) >= 11 is 8.04. The van der Waals surface area contributed by atoms with Crippen LogP contribution in [0.5, 0.6) is 0 Å². The normalized spacial score (nSPS) is 11.4. The Morgan fingerprint density at radius 3 is 2.81 bits per heavy atom. The van der Waals surface area contributed by atoms with E-state index in [1.165, 1.54) is 10.8 Å². The Hall–Kier alpha value is -3.37. The number of hydrogen-bond donors (Lipinski definition) is 1. The standard InChI is InChI=1S/C21H19ClN8OS/c1-2-32-13-28(20-17-19(24-11-23-17)25-12-26-20)10-16-27-29-9-8-15(22)18(29)21(31)30(16)14-6-4-3-5-7-14/h3-9,11-12H,2,10,13H2,1H3,(H,23,24,25,26). The fraction of sp³-hybridized carbons (Fsp3) is 0.190. The number of anilines is 1. The van der Waals surface area contributed by atoms with Gasteiger partial charge in [-0.15, -0.1) is 11.8 Å². The number of imidazole rings is 1. The first-order valence-electron chi connectivity index (χ1n) is 9.98. The van der Waals surface area contributed by atoms with Gasteiger partial charge in [-0.3, -0.25) is 9.36 Å². The summed E-state index contributed by atoms with van der Waals surface area (Å²) in [6.07, 6.45) is 4.79. The zero-order valence-electron chi connectivity index (χ0n) is 17.1. The number of nitrogens with zero attached hydrogens (tertiary/aromatic N) is 7. The van der Waals surface area contributed by atoms with Gasteiger partial charge < -0.3 is 9.88 Å². The smallest absolute Gasteiger partial charge is 0.284 e. The van der Waals surface area contributed by atoms with Gasteiger partial charge in [0, 0.05) is 6.20 Å². The maximum Gasteiger partial charge on any atom is 0.284 e. The molecule has 0 saturated heterocycles. The fourth-order valence-electron chi connectivity index (χ4n) is 3.57. The fourth-order valence-corrected chi connectivity index (χ4v) is 4.41. The number of H-pyrrole nitrogens is 1. The molecule has 4 heterocycles. The summed E-state index contributed by atoms with van der Waals surface area (Å²) in [5.41, 5.74) is 2.16. The van der Waals surface area contributed by atoms with E-state index in [1.807, 2.05) is 30.3 Å². The molecule has 0 atom stereocenters. The molecule has 0 amide bonds. The number of hydrogen-bond acceptors (Lipinski definition) is 7. The lowest BCUT2D eigenvalue weighted by Gasteiger charge is -2.24. The van der Waals surface area contributed by atoms with Crippen LogP contribution in [0.15, 0.2) is 60.0 Å². The predicted octanol–water partition coefficient (Wildman–Crippen LogP) is 3.52. The molecule has 1 N–H and O–H groups in total. The molecule has 1 aromatic carbocycles. The minimum Gasteiger partial charge on any atom is -0.340 e. The molecular weight excluding hydrogens is 448 g/mol. The summed E-state index contributed by atoms with van der Waals surface area (Å²) < 4.78 is 3.15. The number of aromatic amines is 1. The number of nitrogens with one attached hydrogen (secondary N) is 1. The molecule has 0 unspecified atom stereocenters. The first kappa shape index (κ1) is 20.5. The average molecular weight is 467 g/mol. The van der Waals surface area contributed by atoms with Gasteiger partial charge in [0.2, 0.25) is 0 Å². The molecule has 9 nitrogen and oxygen atoms in total. The Labute approximate surface area is 192 Å². The van der Waals surface area contributed by atoms with Crippen LogP contribution in [0.25, 0.3) is 22.4 Å². The monoisotopic (exact) mass is 466 g/mol. The third-order valence-electron chi connectivity index (χ3n) is 5.00. The minimum absolute atomic E-state index is 0.228. The maximum atomic E-state index is 13.5. The third kappa shape index (κ3) is 3.61. The second-order valence-electron chi connectivity index (χ2n) is 6.97. The van der Waals surface area contributed by atoms with E-state index in [2.05, 4.69) is 31.8 Å². The summed E-state index contributed by atoms with van der Waals surface area (Å²) in [7, 11) is 0. The molecule has 0 aliphatic carbocycles. The summed E-state index contributed by atoms with van der Waals surface area (Å²) in [4.78, 5) is 31.6. The molecule has 0 radical (unpaired) electrons. The summed E-state index contributed by atoms with van der Waals surface area (Å²) in [5, 5.41) is 5.12. The third-order valence-corrected chi connectivity index (χ3v) is 6.21. The topological polar surface area (TPSA) is 97.0 Å². The number of para-hydroxylation sites is 1. The van der Waals surface area contributed by atoms with Gasteiger partial charge >= 0.3 is 0 Å². The Bertz CT molecular complexity index is 1450. The molecule has 32 heavy (non-hydrogen) atoms. The molecule has 0 aliphatic heterocycles. The molecule has 11 heteroatoms. The van der Waals surface area contributed by atoms with Crippen molar-refractivity contribution in [2.75, 3.05) is 16.5 Å². The van der Waals surface area contributed by atoms with Gasteiger partial charge in [0.25, 0.3) is 5.56 Å². The van der Waals surface area contributed by atoms with Gasteiger partial charge in [0.05, 0.1) is 29.5 Å². The van der Waals surface area contributed by atoms with Crippen molar-refractivity contribution < 1.29 is 0 Å². The van der Waals surface area contributed by atoms with E-state index >= 15 is 0 Å². The lowest BCUT2D eigenvalue weighted by molar-refractivity contribution is 0.701. The molecule has 0 spiro atoms. The van der Waals surface area contributed by atoms with E-state index in [-0.39, 0.29) is 5.56 Å². The quantitative estimate of drug-likeness (QED) is 0.366. The van der Waals surface area contributed by atoms with Crippen molar-refractivity contribution in [3.8, 4) is 5.69 Å². The molecule has 4 aromatic heterocycles. The van der Waals surface area contributed by atoms with E-state index < -0.39 is 0 Å². The van der Waals surface area contributed by atoms with Crippen molar-refractivity contribution in [2.24, 2.45) is 0 Å². The van der Waals surface area contributed by atoms with Crippen LogP contribution >= 0.6 is 23.4 Å². The van der Waals surface area contributed by atoms with Crippen LogP contribution < -0.4 is 10.5 Å². The second-order valence-corrected chi connectivity index (χ2v) is 8.62. The van der Waals surface area contributed by atoms with Gasteiger partial charge in [-0.25, -0.2) is 19.5 Å². The first-order chi connectivity index (χ1) is 15.7. The van der Waals surface area contributed by atoms with Gasteiger partial charge in [-0.05, 0) is 24.0 Å². The number of benzene rings is 1. The van der Waals surface area contributed by atoms with E-state index in [1.54, 1.807) is 34.9 Å². The number of rotatable bonds is 7. The van der Waals surface area contributed by atoms with Crippen molar-refractivity contribution >= 4 is 45.9 Å². The highest BCUT2D eigenvalue weighted by atomic mass is 35.5. The van der Waals surface area contributed by atoms with Gasteiger partial charge in [0.15, 0.2) is 17.3 Å². The highest BCUT2D eigenvalue weighted by molar-refractivity contribution is 7.99. The molecule has 162 valence electrons. The van der Waals surface area contributed by atoms with Crippen molar-refractivity contribution in [1.29, 1.82) is 0 Å². The Balaban J connectivity index is 1.68. The van der Waals surface area contributed by atoms with E-state index in [4.69, 9.17) is 16.7 Å². The Morgan fingerprint density at radius 2 is 2.00 bits per heavy atom. The minimum atomic E-state index is -0.228. The number of halogens is 1.